The first-order valence-corrected chi connectivity index (χ1v) is 14.3. The molecule has 192 valence electrons. The second-order valence-corrected chi connectivity index (χ2v) is 11.8. The quantitative estimate of drug-likeness (QED) is 0.514. The van der Waals surface area contributed by atoms with Gasteiger partial charge in [0, 0.05) is 49.3 Å². The first kappa shape index (κ1) is 25.0. The predicted octanol–water partition coefficient (Wildman–Crippen LogP) is 4.32. The van der Waals surface area contributed by atoms with Crippen molar-refractivity contribution >= 4 is 26.8 Å². The number of nitrogens with zero attached hydrogens (tertiary/aromatic N) is 2. The van der Waals surface area contributed by atoms with Crippen LogP contribution in [0.1, 0.15) is 38.5 Å². The predicted molar refractivity (Wildman–Crippen MR) is 141 cm³/mol. The third kappa shape index (κ3) is 4.94. The van der Waals surface area contributed by atoms with E-state index >= 15 is 0 Å². The number of hydrogen-bond acceptors (Lipinski definition) is 4. The number of aromatic nitrogens is 1. The molecule has 2 heterocycles. The van der Waals surface area contributed by atoms with Crippen LogP contribution in [0.3, 0.4) is 0 Å². The highest BCUT2D eigenvalue weighted by Gasteiger charge is 2.36. The second-order valence-electron chi connectivity index (χ2n) is 10.1. The topological polar surface area (TPSA) is 80.6 Å². The molecule has 2 aliphatic rings. The first-order valence-electron chi connectivity index (χ1n) is 12.8. The van der Waals surface area contributed by atoms with Crippen LogP contribution in [0.25, 0.3) is 22.2 Å². The van der Waals surface area contributed by atoms with Gasteiger partial charge in [0.2, 0.25) is 15.9 Å². The lowest BCUT2D eigenvalue weighted by molar-refractivity contribution is -0.138. The lowest BCUT2D eigenvalue weighted by Gasteiger charge is -2.33. The molecule has 5 rings (SSSR count). The fourth-order valence-corrected chi connectivity index (χ4v) is 7.16. The average molecular weight is 510 g/mol. The first-order chi connectivity index (χ1) is 17.4. The van der Waals surface area contributed by atoms with Gasteiger partial charge in [0.25, 0.3) is 0 Å². The SMILES string of the molecule is COC[C@H]1CCCN1C(=O)[C@H]1CC[C@H](NS(=O)(=O)c2ccc3cc(-c4ccccc4)n(C)c3c2)CC1. The molecule has 1 aromatic heterocycles. The van der Waals surface area contributed by atoms with Gasteiger partial charge in [0.05, 0.1) is 17.5 Å². The Kier molecular flexibility index (Phi) is 7.19. The molecule has 7 nitrogen and oxygen atoms in total. The average Bonchev–Trinajstić information content (AvgIpc) is 3.49. The molecule has 1 saturated heterocycles. The number of ether oxygens (including phenoxy) is 1. The van der Waals surface area contributed by atoms with Crippen molar-refractivity contribution in [2.45, 2.75) is 55.5 Å². The van der Waals surface area contributed by atoms with E-state index in [-0.39, 0.29) is 28.8 Å². The molecule has 1 atom stereocenters. The number of amides is 1. The lowest BCUT2D eigenvalue weighted by atomic mass is 9.85. The van der Waals surface area contributed by atoms with E-state index in [1.807, 2.05) is 40.8 Å². The van der Waals surface area contributed by atoms with Gasteiger partial charge in [0.15, 0.2) is 0 Å². The Balaban J connectivity index is 1.25. The number of benzene rings is 2. The van der Waals surface area contributed by atoms with Crippen LogP contribution in [-0.2, 0) is 26.6 Å². The molecule has 1 aliphatic carbocycles. The summed E-state index contributed by atoms with van der Waals surface area (Å²) in [5, 5.41) is 1.00. The maximum Gasteiger partial charge on any atom is 0.240 e. The summed E-state index contributed by atoms with van der Waals surface area (Å²) in [4.78, 5) is 15.3. The summed E-state index contributed by atoms with van der Waals surface area (Å²) in [6, 6.07) is 17.5. The number of rotatable bonds is 7. The van der Waals surface area contributed by atoms with E-state index in [9.17, 15) is 13.2 Å². The van der Waals surface area contributed by atoms with Gasteiger partial charge in [-0.1, -0.05) is 36.4 Å². The summed E-state index contributed by atoms with van der Waals surface area (Å²) < 4.78 is 36.8. The van der Waals surface area contributed by atoms with Crippen molar-refractivity contribution in [3.05, 3.63) is 54.6 Å². The minimum atomic E-state index is -3.67. The van der Waals surface area contributed by atoms with Gasteiger partial charge in [-0.2, -0.15) is 0 Å². The van der Waals surface area contributed by atoms with Gasteiger partial charge >= 0.3 is 0 Å². The van der Waals surface area contributed by atoms with Gasteiger partial charge in [-0.05, 0) is 62.3 Å². The van der Waals surface area contributed by atoms with Crippen LogP contribution in [0.15, 0.2) is 59.5 Å². The fraction of sp³-hybridized carbons (Fsp3) is 0.464. The van der Waals surface area contributed by atoms with E-state index in [4.69, 9.17) is 4.74 Å². The van der Waals surface area contributed by atoms with Crippen molar-refractivity contribution < 1.29 is 17.9 Å². The van der Waals surface area contributed by atoms with Crippen molar-refractivity contribution in [2.75, 3.05) is 20.3 Å². The number of nitrogens with one attached hydrogen (secondary N) is 1. The number of sulfonamides is 1. The van der Waals surface area contributed by atoms with Crippen molar-refractivity contribution in [2.24, 2.45) is 13.0 Å². The van der Waals surface area contributed by atoms with Crippen molar-refractivity contribution in [3.8, 4) is 11.3 Å². The highest BCUT2D eigenvalue weighted by Crippen LogP contribution is 2.31. The van der Waals surface area contributed by atoms with Crippen molar-refractivity contribution in [3.63, 3.8) is 0 Å². The zero-order valence-corrected chi connectivity index (χ0v) is 21.8. The molecule has 0 spiro atoms. The molecular formula is C28H35N3O4S. The molecule has 1 amide bonds. The number of hydrogen-bond donors (Lipinski definition) is 1. The van der Waals surface area contributed by atoms with E-state index < -0.39 is 10.0 Å². The van der Waals surface area contributed by atoms with Crippen molar-refractivity contribution in [1.82, 2.24) is 14.2 Å². The van der Waals surface area contributed by atoms with E-state index in [1.54, 1.807) is 19.2 Å². The highest BCUT2D eigenvalue weighted by atomic mass is 32.2. The molecule has 0 bridgehead atoms. The normalized spacial score (nSPS) is 22.8. The van der Waals surface area contributed by atoms with Crippen LogP contribution < -0.4 is 4.72 Å². The Morgan fingerprint density at radius 1 is 1.03 bits per heavy atom. The molecule has 3 aromatic rings. The Morgan fingerprint density at radius 2 is 1.78 bits per heavy atom. The summed E-state index contributed by atoms with van der Waals surface area (Å²) >= 11 is 0. The number of carbonyl (C=O) groups excluding carboxylic acids is 1. The van der Waals surface area contributed by atoms with E-state index in [0.717, 1.165) is 41.5 Å². The molecule has 1 N–H and O–H groups in total. The van der Waals surface area contributed by atoms with Crippen LogP contribution >= 0.6 is 0 Å². The zero-order valence-electron chi connectivity index (χ0n) is 21.0. The maximum absolute atomic E-state index is 13.3. The van der Waals surface area contributed by atoms with E-state index in [2.05, 4.69) is 22.9 Å². The van der Waals surface area contributed by atoms with Crippen molar-refractivity contribution in [1.29, 1.82) is 0 Å². The smallest absolute Gasteiger partial charge is 0.240 e. The third-order valence-corrected chi connectivity index (χ3v) is 9.33. The molecule has 36 heavy (non-hydrogen) atoms. The van der Waals surface area contributed by atoms with E-state index in [0.29, 0.717) is 32.3 Å². The maximum atomic E-state index is 13.3. The van der Waals surface area contributed by atoms with Gasteiger partial charge in [-0.15, -0.1) is 0 Å². The van der Waals surface area contributed by atoms with Crippen LogP contribution in [0.4, 0.5) is 0 Å². The Labute approximate surface area is 213 Å². The molecule has 1 saturated carbocycles. The molecular weight excluding hydrogens is 474 g/mol. The van der Waals surface area contributed by atoms with Gasteiger partial charge in [-0.3, -0.25) is 4.79 Å². The monoisotopic (exact) mass is 509 g/mol. The number of methoxy groups -OCH3 is 1. The Bertz CT molecular complexity index is 1330. The number of fused-ring (bicyclic) bond motifs is 1. The highest BCUT2D eigenvalue weighted by molar-refractivity contribution is 7.89. The van der Waals surface area contributed by atoms with Gasteiger partial charge in [0.1, 0.15) is 0 Å². The van der Waals surface area contributed by atoms with Crippen LogP contribution in [0.5, 0.6) is 0 Å². The molecule has 1 aliphatic heterocycles. The summed E-state index contributed by atoms with van der Waals surface area (Å²) in [5.41, 5.74) is 3.01. The summed E-state index contributed by atoms with van der Waals surface area (Å²) in [7, 11) is -0.0289. The minimum Gasteiger partial charge on any atom is -0.383 e. The Morgan fingerprint density at radius 3 is 2.50 bits per heavy atom. The fourth-order valence-electron chi connectivity index (χ4n) is 5.83. The van der Waals surface area contributed by atoms with Gasteiger partial charge in [-0.25, -0.2) is 13.1 Å². The largest absolute Gasteiger partial charge is 0.383 e. The van der Waals surface area contributed by atoms with Crippen LogP contribution in [-0.4, -0.2) is 56.1 Å². The van der Waals surface area contributed by atoms with Crippen LogP contribution in [0, 0.1) is 5.92 Å². The second kappa shape index (κ2) is 10.4. The van der Waals surface area contributed by atoms with Gasteiger partial charge < -0.3 is 14.2 Å². The molecule has 0 radical (unpaired) electrons. The third-order valence-electron chi connectivity index (χ3n) is 7.81. The summed E-state index contributed by atoms with van der Waals surface area (Å²) in [6.45, 7) is 1.38. The number of likely N-dealkylation sites (tertiary alicyclic amines) is 1. The molecule has 2 fully saturated rings. The number of aryl methyl sites for hydroxylation is 1. The number of carbonyl (C=O) groups is 1. The standard InChI is InChI=1S/C28H35N3O4S/c1-30-26(20-7-4-3-5-8-20)17-22-12-15-25(18-27(22)30)36(33,34)29-23-13-10-21(11-14-23)28(32)31-16-6-9-24(31)19-35-2/h3-5,7-8,12,15,17-18,21,23-24,29H,6,9-11,13-14,16,19H2,1-2H3/t21-,23-,24-/m1/s1. The summed E-state index contributed by atoms with van der Waals surface area (Å²) in [6.07, 6.45) is 4.77. The molecule has 2 aromatic carbocycles. The van der Waals surface area contributed by atoms with E-state index in [1.165, 1.54) is 0 Å². The van der Waals surface area contributed by atoms with Crippen LogP contribution in [0.2, 0.25) is 0 Å². The zero-order chi connectivity index (χ0) is 25.3. The Hall–Kier alpha value is -2.68. The molecule has 0 unspecified atom stereocenters. The molecule has 8 heteroatoms. The lowest BCUT2D eigenvalue weighted by Crippen LogP contribution is -2.44. The minimum absolute atomic E-state index is 0.0284. The summed E-state index contributed by atoms with van der Waals surface area (Å²) in [5.74, 6) is 0.179.